The number of carbonyl (C=O) groups is 2. The van der Waals surface area contributed by atoms with E-state index in [1.165, 1.54) is 11.3 Å². The summed E-state index contributed by atoms with van der Waals surface area (Å²) >= 11 is 1.39. The Morgan fingerprint density at radius 3 is 2.78 bits per heavy atom. The van der Waals surface area contributed by atoms with Crippen LogP contribution in [0.4, 0.5) is 0 Å². The van der Waals surface area contributed by atoms with E-state index in [2.05, 4.69) is 0 Å². The summed E-state index contributed by atoms with van der Waals surface area (Å²) in [5, 5.41) is 1.85. The minimum absolute atomic E-state index is 0.0259. The van der Waals surface area contributed by atoms with Crippen molar-refractivity contribution >= 4 is 23.0 Å². The smallest absolute Gasteiger partial charge is 0.268 e. The molecule has 120 valence electrons. The predicted molar refractivity (Wildman–Crippen MR) is 90.3 cm³/mol. The van der Waals surface area contributed by atoms with Crippen LogP contribution in [0.25, 0.3) is 0 Å². The molecule has 0 bridgehead atoms. The summed E-state index contributed by atoms with van der Waals surface area (Å²) in [6.45, 7) is 0.701. The van der Waals surface area contributed by atoms with Gasteiger partial charge in [-0.05, 0) is 24.3 Å². The highest BCUT2D eigenvalue weighted by Crippen LogP contribution is 2.30. The molecule has 0 aliphatic carbocycles. The molecule has 0 unspecified atom stereocenters. The normalized spacial score (nSPS) is 17.3. The van der Waals surface area contributed by atoms with Gasteiger partial charge in [0, 0.05) is 24.6 Å². The SMILES string of the molecule is COc1ccsc1C(=O)N1CCC[C@H]1CC(=O)c1ccccc1. The van der Waals surface area contributed by atoms with Crippen molar-refractivity contribution in [2.75, 3.05) is 13.7 Å². The highest BCUT2D eigenvalue weighted by Gasteiger charge is 2.32. The topological polar surface area (TPSA) is 46.6 Å². The second kappa shape index (κ2) is 6.96. The molecular formula is C18H19NO3S. The minimum atomic E-state index is -0.0276. The lowest BCUT2D eigenvalue weighted by Crippen LogP contribution is -2.36. The van der Waals surface area contributed by atoms with Gasteiger partial charge in [0.15, 0.2) is 5.78 Å². The summed E-state index contributed by atoms with van der Waals surface area (Å²) in [4.78, 5) is 27.6. The van der Waals surface area contributed by atoms with Crippen molar-refractivity contribution in [3.05, 3.63) is 52.2 Å². The summed E-state index contributed by atoms with van der Waals surface area (Å²) < 4.78 is 5.25. The Kier molecular flexibility index (Phi) is 4.76. The molecule has 23 heavy (non-hydrogen) atoms. The van der Waals surface area contributed by atoms with E-state index in [1.807, 2.05) is 40.6 Å². The highest BCUT2D eigenvalue weighted by molar-refractivity contribution is 7.12. The molecule has 0 spiro atoms. The van der Waals surface area contributed by atoms with Gasteiger partial charge in [-0.1, -0.05) is 30.3 Å². The Bertz CT molecular complexity index is 695. The number of benzene rings is 1. The zero-order chi connectivity index (χ0) is 16.2. The van der Waals surface area contributed by atoms with Gasteiger partial charge in [-0.3, -0.25) is 9.59 Å². The van der Waals surface area contributed by atoms with Crippen LogP contribution in [0.15, 0.2) is 41.8 Å². The molecule has 1 aliphatic rings. The van der Waals surface area contributed by atoms with Gasteiger partial charge in [0.05, 0.1) is 7.11 Å². The number of hydrogen-bond acceptors (Lipinski definition) is 4. The van der Waals surface area contributed by atoms with E-state index in [9.17, 15) is 9.59 Å². The summed E-state index contributed by atoms with van der Waals surface area (Å²) in [5.74, 6) is 0.675. The standard InChI is InChI=1S/C18H19NO3S/c1-22-16-9-11-23-17(16)18(21)19-10-5-8-14(19)12-15(20)13-6-3-2-4-7-13/h2-4,6-7,9,11,14H,5,8,10,12H2,1H3/t14-/m0/s1. The van der Waals surface area contributed by atoms with Crippen LogP contribution in [0.5, 0.6) is 5.75 Å². The average molecular weight is 329 g/mol. The van der Waals surface area contributed by atoms with Crippen LogP contribution < -0.4 is 4.74 Å². The predicted octanol–water partition coefficient (Wildman–Crippen LogP) is 3.63. The third-order valence-electron chi connectivity index (χ3n) is 4.20. The summed E-state index contributed by atoms with van der Waals surface area (Å²) in [5.41, 5.74) is 0.709. The van der Waals surface area contributed by atoms with Crippen LogP contribution in [0, 0.1) is 0 Å². The number of Topliss-reactive ketones (excluding diaryl/α,β-unsaturated/α-hetero) is 1. The maximum absolute atomic E-state index is 12.8. The number of nitrogens with zero attached hydrogens (tertiary/aromatic N) is 1. The number of rotatable bonds is 5. The second-order valence-electron chi connectivity index (χ2n) is 5.61. The molecule has 2 heterocycles. The van der Waals surface area contributed by atoms with Gasteiger partial charge in [-0.15, -0.1) is 11.3 Å². The lowest BCUT2D eigenvalue weighted by molar-refractivity contribution is 0.0719. The van der Waals surface area contributed by atoms with Gasteiger partial charge in [0.1, 0.15) is 10.6 Å². The fourth-order valence-corrected chi connectivity index (χ4v) is 3.83. The van der Waals surface area contributed by atoms with Crippen molar-refractivity contribution in [2.45, 2.75) is 25.3 Å². The van der Waals surface area contributed by atoms with E-state index in [0.29, 0.717) is 29.2 Å². The van der Waals surface area contributed by atoms with Crippen LogP contribution in [0.2, 0.25) is 0 Å². The monoisotopic (exact) mass is 329 g/mol. The summed E-state index contributed by atoms with van der Waals surface area (Å²) in [6.07, 6.45) is 2.19. The minimum Gasteiger partial charge on any atom is -0.495 e. The van der Waals surface area contributed by atoms with Gasteiger partial charge >= 0.3 is 0 Å². The molecule has 1 aromatic heterocycles. The third-order valence-corrected chi connectivity index (χ3v) is 5.08. The zero-order valence-electron chi connectivity index (χ0n) is 13.0. The lowest BCUT2D eigenvalue weighted by atomic mass is 10.0. The van der Waals surface area contributed by atoms with E-state index in [1.54, 1.807) is 13.2 Å². The van der Waals surface area contributed by atoms with E-state index in [0.717, 1.165) is 12.8 Å². The van der Waals surface area contributed by atoms with E-state index >= 15 is 0 Å². The maximum Gasteiger partial charge on any atom is 0.268 e. The molecule has 0 N–H and O–H groups in total. The van der Waals surface area contributed by atoms with Gasteiger partial charge in [-0.2, -0.15) is 0 Å². The molecule has 1 aliphatic heterocycles. The van der Waals surface area contributed by atoms with Crippen LogP contribution in [0.1, 0.15) is 39.3 Å². The highest BCUT2D eigenvalue weighted by atomic mass is 32.1. The second-order valence-corrected chi connectivity index (χ2v) is 6.52. The van der Waals surface area contributed by atoms with Crippen LogP contribution in [0.3, 0.4) is 0 Å². The number of methoxy groups -OCH3 is 1. The van der Waals surface area contributed by atoms with Gasteiger partial charge in [0.25, 0.3) is 5.91 Å². The van der Waals surface area contributed by atoms with Crippen molar-refractivity contribution in [1.29, 1.82) is 0 Å². The number of ether oxygens (including phenoxy) is 1. The maximum atomic E-state index is 12.8. The van der Waals surface area contributed by atoms with Crippen molar-refractivity contribution < 1.29 is 14.3 Å². The first-order valence-electron chi connectivity index (χ1n) is 7.71. The molecule has 2 aromatic rings. The fourth-order valence-electron chi connectivity index (χ4n) is 3.02. The molecule has 1 saturated heterocycles. The number of likely N-dealkylation sites (tertiary alicyclic amines) is 1. The molecule has 1 aromatic carbocycles. The first kappa shape index (κ1) is 15.7. The van der Waals surface area contributed by atoms with Gasteiger partial charge in [0.2, 0.25) is 0 Å². The van der Waals surface area contributed by atoms with Gasteiger partial charge < -0.3 is 9.64 Å². The number of amides is 1. The Balaban J connectivity index is 1.73. The molecule has 1 atom stereocenters. The number of hydrogen-bond donors (Lipinski definition) is 0. The molecule has 1 fully saturated rings. The molecule has 0 radical (unpaired) electrons. The van der Waals surface area contributed by atoms with E-state index in [4.69, 9.17) is 4.74 Å². The Labute approximate surface area is 139 Å². The molecule has 3 rings (SSSR count). The number of ketones is 1. The number of thiophene rings is 1. The van der Waals surface area contributed by atoms with E-state index in [-0.39, 0.29) is 17.7 Å². The van der Waals surface area contributed by atoms with Crippen molar-refractivity contribution in [3.8, 4) is 5.75 Å². The third kappa shape index (κ3) is 3.29. The van der Waals surface area contributed by atoms with Crippen molar-refractivity contribution in [2.24, 2.45) is 0 Å². The quantitative estimate of drug-likeness (QED) is 0.787. The van der Waals surface area contributed by atoms with Crippen LogP contribution in [-0.2, 0) is 0 Å². The van der Waals surface area contributed by atoms with Crippen molar-refractivity contribution in [3.63, 3.8) is 0 Å². The Morgan fingerprint density at radius 1 is 1.26 bits per heavy atom. The molecule has 1 amide bonds. The van der Waals surface area contributed by atoms with E-state index < -0.39 is 0 Å². The fraction of sp³-hybridized carbons (Fsp3) is 0.333. The van der Waals surface area contributed by atoms with Crippen molar-refractivity contribution in [1.82, 2.24) is 4.90 Å². The summed E-state index contributed by atoms with van der Waals surface area (Å²) in [6, 6.07) is 11.0. The molecular weight excluding hydrogens is 310 g/mol. The first-order valence-corrected chi connectivity index (χ1v) is 8.59. The Hall–Kier alpha value is -2.14. The van der Waals surface area contributed by atoms with Crippen LogP contribution in [-0.4, -0.2) is 36.3 Å². The largest absolute Gasteiger partial charge is 0.495 e. The molecule has 5 heteroatoms. The Morgan fingerprint density at radius 2 is 2.04 bits per heavy atom. The average Bonchev–Trinajstić information content (AvgIpc) is 3.24. The van der Waals surface area contributed by atoms with Gasteiger partial charge in [-0.25, -0.2) is 0 Å². The molecule has 4 nitrogen and oxygen atoms in total. The summed E-state index contributed by atoms with van der Waals surface area (Å²) in [7, 11) is 1.57. The van der Waals surface area contributed by atoms with Crippen LogP contribution >= 0.6 is 11.3 Å². The lowest BCUT2D eigenvalue weighted by Gasteiger charge is -2.24. The number of carbonyl (C=O) groups excluding carboxylic acids is 2. The first-order chi connectivity index (χ1) is 11.2. The zero-order valence-corrected chi connectivity index (χ0v) is 13.8. The molecule has 0 saturated carbocycles.